The predicted octanol–water partition coefficient (Wildman–Crippen LogP) is 3.15. The van der Waals surface area contributed by atoms with Crippen molar-refractivity contribution in [2.24, 2.45) is 0 Å². The molecule has 11 heteroatoms. The molecule has 8 nitrogen and oxygen atoms in total. The molecule has 0 aliphatic carbocycles. The van der Waals surface area contributed by atoms with Gasteiger partial charge >= 0.3 is 40.4 Å². The third-order valence-corrected chi connectivity index (χ3v) is 3.10. The molecular weight excluding hydrogens is 442 g/mol. The van der Waals surface area contributed by atoms with Gasteiger partial charge in [-0.25, -0.2) is 4.57 Å². The van der Waals surface area contributed by atoms with Crippen molar-refractivity contribution >= 4 is 16.1 Å². The second-order valence-electron chi connectivity index (χ2n) is 3.09. The predicted molar refractivity (Wildman–Crippen MR) is 84.1 cm³/mol. The summed E-state index contributed by atoms with van der Waals surface area (Å²) in [4.78, 5) is 8.79. The van der Waals surface area contributed by atoms with Crippen LogP contribution in [0.1, 0.15) is 0 Å². The van der Waals surface area contributed by atoms with Gasteiger partial charge in [-0.1, -0.05) is 24.3 Å². The Morgan fingerprint density at radius 1 is 0.870 bits per heavy atom. The molecular formula is C12H22AgO8P2. The fraction of sp³-hybridized carbons (Fsp3) is 0.333. The fourth-order valence-corrected chi connectivity index (χ4v) is 1.88. The Hall–Kier alpha value is -0.240. The first-order chi connectivity index (χ1) is 10.9. The van der Waals surface area contributed by atoms with Crippen LogP contribution >= 0.6 is 16.1 Å². The van der Waals surface area contributed by atoms with Crippen molar-refractivity contribution < 1.29 is 56.4 Å². The van der Waals surface area contributed by atoms with Crippen molar-refractivity contribution in [2.75, 3.05) is 26.4 Å². The summed E-state index contributed by atoms with van der Waals surface area (Å²) in [6, 6.07) is 0. The van der Waals surface area contributed by atoms with E-state index in [0.29, 0.717) is 0 Å². The molecule has 0 bridgehead atoms. The van der Waals surface area contributed by atoms with Crippen LogP contribution in [0.2, 0.25) is 0 Å². The second kappa shape index (κ2) is 21.8. The van der Waals surface area contributed by atoms with Crippen LogP contribution in [0, 0.1) is 0 Å². The van der Waals surface area contributed by atoms with Crippen LogP contribution in [0.25, 0.3) is 0 Å². The number of hydrogen-bond donors (Lipinski definition) is 1. The van der Waals surface area contributed by atoms with E-state index < -0.39 is 16.1 Å². The molecule has 0 unspecified atom stereocenters. The van der Waals surface area contributed by atoms with E-state index in [0.717, 1.165) is 0 Å². The van der Waals surface area contributed by atoms with Gasteiger partial charge in [-0.3, -0.25) is 13.6 Å². The summed E-state index contributed by atoms with van der Waals surface area (Å²) in [5, 5.41) is 0. The van der Waals surface area contributed by atoms with Crippen LogP contribution in [0.15, 0.2) is 50.6 Å². The Morgan fingerprint density at radius 3 is 1.43 bits per heavy atom. The number of hydrogen-bond acceptors (Lipinski definition) is 7. The average molecular weight is 464 g/mol. The Morgan fingerprint density at radius 2 is 1.17 bits per heavy atom. The second-order valence-corrected chi connectivity index (χ2v) is 5.62. The first-order valence-electron chi connectivity index (χ1n) is 5.90. The Labute approximate surface area is 149 Å². The molecule has 0 rings (SSSR count). The molecule has 0 spiro atoms. The van der Waals surface area contributed by atoms with E-state index in [2.05, 4.69) is 44.4 Å². The van der Waals surface area contributed by atoms with Crippen molar-refractivity contribution in [1.29, 1.82) is 0 Å². The third-order valence-electron chi connectivity index (χ3n) is 1.35. The molecule has 0 atom stereocenters. The zero-order valence-electron chi connectivity index (χ0n) is 12.5. The molecule has 23 heavy (non-hydrogen) atoms. The SMILES string of the molecule is C=CCOP(=O)(O)OCC=C.C=CCO[PH](=O)OCC=C.[O]=[Ag]. The van der Waals surface area contributed by atoms with Crippen LogP contribution in [-0.2, 0) is 51.5 Å². The molecule has 0 fully saturated rings. The van der Waals surface area contributed by atoms with Crippen molar-refractivity contribution in [3.05, 3.63) is 50.6 Å². The number of rotatable bonds is 12. The summed E-state index contributed by atoms with van der Waals surface area (Å²) in [6.45, 7) is 13.9. The zero-order valence-corrected chi connectivity index (χ0v) is 15.9. The van der Waals surface area contributed by atoms with E-state index in [1.807, 2.05) is 0 Å². The van der Waals surface area contributed by atoms with E-state index in [9.17, 15) is 9.13 Å². The quantitative estimate of drug-likeness (QED) is 0.267. The van der Waals surface area contributed by atoms with Crippen LogP contribution in [0.3, 0.4) is 0 Å². The number of phosphoric ester groups is 1. The van der Waals surface area contributed by atoms with Gasteiger partial charge in [-0.15, -0.1) is 26.3 Å². The maximum atomic E-state index is 10.7. The summed E-state index contributed by atoms with van der Waals surface area (Å²) >= 11 is 1.70. The maximum absolute atomic E-state index is 10.7. The minimum atomic E-state index is -3.87. The van der Waals surface area contributed by atoms with Gasteiger partial charge in [0.2, 0.25) is 0 Å². The molecule has 0 heterocycles. The molecule has 0 aliphatic rings. The first-order valence-corrected chi connectivity index (χ1v) is 9.23. The van der Waals surface area contributed by atoms with Gasteiger partial charge in [0.1, 0.15) is 0 Å². The van der Waals surface area contributed by atoms with Crippen LogP contribution in [-0.4, -0.2) is 31.3 Å². The van der Waals surface area contributed by atoms with Gasteiger partial charge in [0, 0.05) is 0 Å². The van der Waals surface area contributed by atoms with Crippen molar-refractivity contribution in [2.45, 2.75) is 0 Å². The summed E-state index contributed by atoms with van der Waals surface area (Å²) in [5.41, 5.74) is 0. The molecule has 139 valence electrons. The molecule has 0 amide bonds. The van der Waals surface area contributed by atoms with E-state index in [1.165, 1.54) is 24.3 Å². The van der Waals surface area contributed by atoms with Gasteiger partial charge in [-0.2, -0.15) is 0 Å². The van der Waals surface area contributed by atoms with E-state index >= 15 is 0 Å². The topological polar surface area (TPSA) is 108 Å². The van der Waals surface area contributed by atoms with Crippen LogP contribution < -0.4 is 0 Å². The molecule has 0 radical (unpaired) electrons. The van der Waals surface area contributed by atoms with Crippen molar-refractivity contribution in [1.82, 2.24) is 0 Å². The van der Waals surface area contributed by atoms with E-state index in [-0.39, 0.29) is 26.4 Å². The summed E-state index contributed by atoms with van der Waals surface area (Å²) in [5.74, 6) is 0. The van der Waals surface area contributed by atoms with Gasteiger partial charge in [0.25, 0.3) is 0 Å². The van der Waals surface area contributed by atoms with Crippen molar-refractivity contribution in [3.63, 3.8) is 0 Å². The van der Waals surface area contributed by atoms with Crippen LogP contribution in [0.4, 0.5) is 0 Å². The minimum absolute atomic E-state index is 0.00901. The van der Waals surface area contributed by atoms with Gasteiger partial charge < -0.3 is 13.9 Å². The van der Waals surface area contributed by atoms with E-state index in [1.54, 1.807) is 21.0 Å². The molecule has 0 aliphatic heterocycles. The summed E-state index contributed by atoms with van der Waals surface area (Å²) < 4.78 is 47.5. The van der Waals surface area contributed by atoms with Gasteiger partial charge in [0.15, 0.2) is 0 Å². The summed E-state index contributed by atoms with van der Waals surface area (Å²) in [7, 11) is -6.18. The fourth-order valence-electron chi connectivity index (χ4n) is 0.627. The Balaban J connectivity index is -0.000000315. The average Bonchev–Trinajstić information content (AvgIpc) is 2.57. The molecule has 0 aromatic carbocycles. The molecule has 1 N–H and O–H groups in total. The van der Waals surface area contributed by atoms with Crippen molar-refractivity contribution in [3.8, 4) is 0 Å². The van der Waals surface area contributed by atoms with Gasteiger partial charge in [0.05, 0.1) is 26.4 Å². The Kier molecular flexibility index (Phi) is 26.1. The molecule has 0 saturated heterocycles. The molecule has 0 aromatic heterocycles. The van der Waals surface area contributed by atoms with Gasteiger partial charge in [-0.05, 0) is 0 Å². The Bertz CT molecular complexity index is 373. The summed E-state index contributed by atoms with van der Waals surface area (Å²) in [6.07, 6.45) is 5.75. The number of phosphoric acid groups is 1. The molecule has 0 saturated carbocycles. The first kappa shape index (κ1) is 27.6. The molecule has 0 aromatic rings. The third kappa shape index (κ3) is 26.9. The monoisotopic (exact) mass is 463 g/mol. The van der Waals surface area contributed by atoms with Crippen LogP contribution in [0.5, 0.6) is 0 Å². The normalized spacial score (nSPS) is 9.74. The zero-order chi connectivity index (χ0) is 18.6. The van der Waals surface area contributed by atoms with E-state index in [4.69, 9.17) is 8.14 Å². The standard InChI is InChI=1S/C6H11O4P.C6H11O3P.Ag.O/c1-3-5-9-11(7,8)10-6-4-2;1-3-5-8-10(7)9-6-4-2;;/h3-4H,1-2,5-6H2,(H,7,8);3-4,10H,1-2,5-6H2;;.